The highest BCUT2D eigenvalue weighted by atomic mass is 16.2. The van der Waals surface area contributed by atoms with Gasteiger partial charge in [-0.05, 0) is 29.5 Å². The fourth-order valence-electron chi connectivity index (χ4n) is 4.67. The van der Waals surface area contributed by atoms with E-state index in [0.717, 1.165) is 36.1 Å². The van der Waals surface area contributed by atoms with Crippen LogP contribution < -0.4 is 16.0 Å². The minimum absolute atomic E-state index is 0.0180. The SMILES string of the molecule is CCCCCCNC(=O)CCCNC(=O)CCNC(c1ccccc1)(c1ccccc1)c1ccccc1. The molecule has 0 fully saturated rings. The molecular formula is C32H41N3O2. The van der Waals surface area contributed by atoms with Crippen LogP contribution in [0, 0.1) is 0 Å². The van der Waals surface area contributed by atoms with Crippen molar-refractivity contribution in [3.8, 4) is 0 Å². The first-order chi connectivity index (χ1) is 18.2. The van der Waals surface area contributed by atoms with Gasteiger partial charge in [0.05, 0.1) is 5.54 Å². The van der Waals surface area contributed by atoms with E-state index in [4.69, 9.17) is 0 Å². The molecule has 3 rings (SSSR count). The van der Waals surface area contributed by atoms with Crippen molar-refractivity contribution in [3.05, 3.63) is 108 Å². The Morgan fingerprint density at radius 2 is 1.03 bits per heavy atom. The molecular weight excluding hydrogens is 458 g/mol. The number of unbranched alkanes of at least 4 members (excludes halogenated alkanes) is 3. The Hall–Kier alpha value is -3.44. The highest BCUT2D eigenvalue weighted by Gasteiger charge is 2.35. The molecule has 0 heterocycles. The van der Waals surface area contributed by atoms with Crippen LogP contribution in [0.3, 0.4) is 0 Å². The van der Waals surface area contributed by atoms with Gasteiger partial charge < -0.3 is 10.6 Å². The maximum absolute atomic E-state index is 12.6. The van der Waals surface area contributed by atoms with Crippen molar-refractivity contribution in [1.82, 2.24) is 16.0 Å². The van der Waals surface area contributed by atoms with E-state index in [1.54, 1.807) is 0 Å². The molecule has 0 spiro atoms. The van der Waals surface area contributed by atoms with Crippen LogP contribution >= 0.6 is 0 Å². The molecule has 0 bridgehead atoms. The molecule has 3 aromatic rings. The lowest BCUT2D eigenvalue weighted by Gasteiger charge is -2.37. The van der Waals surface area contributed by atoms with E-state index >= 15 is 0 Å². The van der Waals surface area contributed by atoms with Crippen molar-refractivity contribution in [3.63, 3.8) is 0 Å². The maximum atomic E-state index is 12.6. The van der Waals surface area contributed by atoms with Crippen LogP contribution in [-0.4, -0.2) is 31.4 Å². The Kier molecular flexibility index (Phi) is 11.9. The smallest absolute Gasteiger partial charge is 0.221 e. The number of nitrogens with one attached hydrogen (secondary N) is 3. The third kappa shape index (κ3) is 8.57. The van der Waals surface area contributed by atoms with Crippen LogP contribution in [0.2, 0.25) is 0 Å². The second-order valence-electron chi connectivity index (χ2n) is 9.39. The number of benzene rings is 3. The van der Waals surface area contributed by atoms with E-state index in [9.17, 15) is 9.59 Å². The lowest BCUT2D eigenvalue weighted by atomic mass is 9.77. The van der Waals surface area contributed by atoms with Crippen molar-refractivity contribution < 1.29 is 9.59 Å². The molecule has 0 aliphatic heterocycles. The van der Waals surface area contributed by atoms with E-state index in [0.29, 0.717) is 32.4 Å². The summed E-state index contributed by atoms with van der Waals surface area (Å²) < 4.78 is 0. The van der Waals surface area contributed by atoms with Gasteiger partial charge in [-0.25, -0.2) is 0 Å². The predicted molar refractivity (Wildman–Crippen MR) is 151 cm³/mol. The molecule has 0 aliphatic rings. The quantitative estimate of drug-likeness (QED) is 0.179. The normalized spacial score (nSPS) is 11.2. The summed E-state index contributed by atoms with van der Waals surface area (Å²) in [6.45, 7) is 3.92. The first-order valence-electron chi connectivity index (χ1n) is 13.6. The number of hydrogen-bond donors (Lipinski definition) is 3. The summed E-state index contributed by atoms with van der Waals surface area (Å²) in [6.07, 6.45) is 6.00. The maximum Gasteiger partial charge on any atom is 0.221 e. The number of amides is 2. The largest absolute Gasteiger partial charge is 0.356 e. The topological polar surface area (TPSA) is 70.2 Å². The number of carbonyl (C=O) groups excluding carboxylic acids is 2. The Labute approximate surface area is 222 Å². The zero-order valence-electron chi connectivity index (χ0n) is 22.0. The van der Waals surface area contributed by atoms with Gasteiger partial charge in [-0.1, -0.05) is 117 Å². The van der Waals surface area contributed by atoms with Crippen molar-refractivity contribution in [2.24, 2.45) is 0 Å². The van der Waals surface area contributed by atoms with Gasteiger partial charge in [-0.2, -0.15) is 0 Å². The number of carbonyl (C=O) groups is 2. The minimum Gasteiger partial charge on any atom is -0.356 e. The summed E-state index contributed by atoms with van der Waals surface area (Å²) in [6, 6.07) is 31.1. The highest BCUT2D eigenvalue weighted by Crippen LogP contribution is 2.36. The molecule has 0 aliphatic carbocycles. The molecule has 5 nitrogen and oxygen atoms in total. The van der Waals surface area contributed by atoms with Gasteiger partial charge in [0.2, 0.25) is 11.8 Å². The molecule has 3 aromatic carbocycles. The van der Waals surface area contributed by atoms with Gasteiger partial charge >= 0.3 is 0 Å². The molecule has 0 atom stereocenters. The third-order valence-electron chi connectivity index (χ3n) is 6.62. The van der Waals surface area contributed by atoms with Crippen LogP contribution in [0.4, 0.5) is 0 Å². The Morgan fingerprint density at radius 3 is 1.51 bits per heavy atom. The number of hydrogen-bond acceptors (Lipinski definition) is 3. The third-order valence-corrected chi connectivity index (χ3v) is 6.62. The van der Waals surface area contributed by atoms with E-state index in [1.165, 1.54) is 12.8 Å². The molecule has 37 heavy (non-hydrogen) atoms. The highest BCUT2D eigenvalue weighted by molar-refractivity contribution is 5.77. The van der Waals surface area contributed by atoms with Crippen LogP contribution in [0.5, 0.6) is 0 Å². The van der Waals surface area contributed by atoms with E-state index in [-0.39, 0.29) is 11.8 Å². The van der Waals surface area contributed by atoms with Gasteiger partial charge in [0.25, 0.3) is 0 Å². The van der Waals surface area contributed by atoms with Crippen LogP contribution in [-0.2, 0) is 15.1 Å². The predicted octanol–water partition coefficient (Wildman–Crippen LogP) is 5.55. The molecule has 0 saturated carbocycles. The molecule has 2 amide bonds. The minimum atomic E-state index is -0.584. The van der Waals surface area contributed by atoms with E-state index in [2.05, 4.69) is 59.3 Å². The summed E-state index contributed by atoms with van der Waals surface area (Å²) in [5.74, 6) is 0.0429. The Balaban J connectivity index is 1.56. The van der Waals surface area contributed by atoms with E-state index in [1.807, 2.05) is 54.6 Å². The molecule has 3 N–H and O–H groups in total. The van der Waals surface area contributed by atoms with Crippen LogP contribution in [0.25, 0.3) is 0 Å². The zero-order valence-corrected chi connectivity index (χ0v) is 22.0. The number of rotatable bonds is 16. The van der Waals surface area contributed by atoms with Gasteiger partial charge in [0, 0.05) is 32.5 Å². The summed E-state index contributed by atoms with van der Waals surface area (Å²) in [4.78, 5) is 24.6. The summed E-state index contributed by atoms with van der Waals surface area (Å²) >= 11 is 0. The molecule has 0 radical (unpaired) electrons. The summed E-state index contributed by atoms with van der Waals surface area (Å²) in [7, 11) is 0. The van der Waals surface area contributed by atoms with E-state index < -0.39 is 5.54 Å². The molecule has 0 saturated heterocycles. The monoisotopic (exact) mass is 499 g/mol. The summed E-state index contributed by atoms with van der Waals surface area (Å²) in [5, 5.41) is 9.67. The first kappa shape index (κ1) is 28.1. The van der Waals surface area contributed by atoms with Gasteiger partial charge in [-0.15, -0.1) is 0 Å². The van der Waals surface area contributed by atoms with Crippen molar-refractivity contribution in [2.45, 2.75) is 57.4 Å². The second-order valence-corrected chi connectivity index (χ2v) is 9.39. The zero-order chi connectivity index (χ0) is 26.2. The lowest BCUT2D eigenvalue weighted by molar-refractivity contribution is -0.122. The lowest BCUT2D eigenvalue weighted by Crippen LogP contribution is -2.46. The van der Waals surface area contributed by atoms with Crippen LogP contribution in [0.1, 0.15) is 68.6 Å². The summed E-state index contributed by atoms with van der Waals surface area (Å²) in [5.41, 5.74) is 2.77. The fourth-order valence-corrected chi connectivity index (χ4v) is 4.67. The van der Waals surface area contributed by atoms with Crippen molar-refractivity contribution in [1.29, 1.82) is 0 Å². The fraction of sp³-hybridized carbons (Fsp3) is 0.375. The molecule has 0 aromatic heterocycles. The van der Waals surface area contributed by atoms with Gasteiger partial charge in [0.1, 0.15) is 0 Å². The first-order valence-corrected chi connectivity index (χ1v) is 13.6. The average Bonchev–Trinajstić information content (AvgIpc) is 2.95. The Bertz CT molecular complexity index is 959. The average molecular weight is 500 g/mol. The molecule has 196 valence electrons. The van der Waals surface area contributed by atoms with Gasteiger partial charge in [-0.3, -0.25) is 14.9 Å². The Morgan fingerprint density at radius 1 is 0.568 bits per heavy atom. The van der Waals surface area contributed by atoms with Crippen molar-refractivity contribution >= 4 is 11.8 Å². The van der Waals surface area contributed by atoms with Gasteiger partial charge in [0.15, 0.2) is 0 Å². The second kappa shape index (κ2) is 15.6. The van der Waals surface area contributed by atoms with Crippen LogP contribution in [0.15, 0.2) is 91.0 Å². The molecule has 5 heteroatoms. The van der Waals surface area contributed by atoms with Crippen molar-refractivity contribution in [2.75, 3.05) is 19.6 Å². The standard InChI is InChI=1S/C32H41N3O2/c1-2-3-4-14-24-33-30(36)22-15-25-34-31(37)23-26-35-32(27-16-8-5-9-17-27,28-18-10-6-11-19-28)29-20-12-7-13-21-29/h5-13,16-21,35H,2-4,14-15,22-26H2,1H3,(H,33,36)(H,34,37). The molecule has 0 unspecified atom stereocenters.